The van der Waals surface area contributed by atoms with Crippen molar-refractivity contribution in [3.63, 3.8) is 0 Å². The summed E-state index contributed by atoms with van der Waals surface area (Å²) in [5.74, 6) is 2.07. The van der Waals surface area contributed by atoms with Gasteiger partial charge in [0.25, 0.3) is 0 Å². The third-order valence-electron chi connectivity index (χ3n) is 5.07. The van der Waals surface area contributed by atoms with E-state index in [4.69, 9.17) is 5.11 Å². The van der Waals surface area contributed by atoms with E-state index < -0.39 is 5.97 Å². The molecule has 156 valence electrons. The van der Waals surface area contributed by atoms with Crippen molar-refractivity contribution >= 4 is 17.7 Å². The van der Waals surface area contributed by atoms with Crippen LogP contribution < -0.4 is 0 Å². The van der Waals surface area contributed by atoms with Crippen LogP contribution in [-0.4, -0.2) is 22.6 Å². The molecule has 0 aliphatic heterocycles. The van der Waals surface area contributed by atoms with Crippen molar-refractivity contribution in [1.29, 1.82) is 0 Å². The number of carboxylic acids is 1. The normalized spacial score (nSPS) is 11.1. The van der Waals surface area contributed by atoms with Gasteiger partial charge < -0.3 is 5.11 Å². The minimum Gasteiger partial charge on any atom is -0.481 e. The highest BCUT2D eigenvalue weighted by molar-refractivity contribution is 7.99. The smallest absolute Gasteiger partial charge is 0.303 e. The fourth-order valence-electron chi connectivity index (χ4n) is 3.33. The molecule has 3 heteroatoms. The lowest BCUT2D eigenvalue weighted by Crippen LogP contribution is -1.93. The predicted molar refractivity (Wildman–Crippen MR) is 118 cm³/mol. The van der Waals surface area contributed by atoms with Gasteiger partial charge in [-0.25, -0.2) is 0 Å². The summed E-state index contributed by atoms with van der Waals surface area (Å²) in [6, 6.07) is 0. The first kappa shape index (κ1) is 25.8. The SMILES string of the molecule is CCCCCCCCCCCSCCCCCCCCCCCC(=O)O. The lowest BCUT2D eigenvalue weighted by Gasteiger charge is -2.04. The van der Waals surface area contributed by atoms with Crippen LogP contribution in [0.15, 0.2) is 0 Å². The predicted octanol–water partition coefficient (Wildman–Crippen LogP) is 8.24. The van der Waals surface area contributed by atoms with Gasteiger partial charge in [-0.05, 0) is 30.8 Å². The third-order valence-corrected chi connectivity index (χ3v) is 6.23. The lowest BCUT2D eigenvalue weighted by atomic mass is 10.1. The molecule has 0 bridgehead atoms. The van der Waals surface area contributed by atoms with Crippen LogP contribution in [0.1, 0.15) is 129 Å². The van der Waals surface area contributed by atoms with Crippen LogP contribution >= 0.6 is 11.8 Å². The fraction of sp³-hybridized carbons (Fsp3) is 0.957. The summed E-state index contributed by atoms with van der Waals surface area (Å²) in [5, 5.41) is 8.57. The molecule has 0 spiro atoms. The lowest BCUT2D eigenvalue weighted by molar-refractivity contribution is -0.137. The first-order chi connectivity index (χ1) is 12.8. The Morgan fingerprint density at radius 2 is 0.923 bits per heavy atom. The largest absolute Gasteiger partial charge is 0.481 e. The highest BCUT2D eigenvalue weighted by Crippen LogP contribution is 2.15. The Balaban J connectivity index is 2.98. The Labute approximate surface area is 168 Å². The van der Waals surface area contributed by atoms with E-state index in [9.17, 15) is 4.79 Å². The summed E-state index contributed by atoms with van der Waals surface area (Å²) in [6.45, 7) is 2.29. The van der Waals surface area contributed by atoms with Gasteiger partial charge in [0.2, 0.25) is 0 Å². The second-order valence-electron chi connectivity index (χ2n) is 7.77. The molecular weight excluding hydrogens is 340 g/mol. The maximum atomic E-state index is 10.4. The van der Waals surface area contributed by atoms with E-state index in [2.05, 4.69) is 18.7 Å². The average Bonchev–Trinajstić information content (AvgIpc) is 2.62. The van der Waals surface area contributed by atoms with Crippen molar-refractivity contribution in [3.8, 4) is 0 Å². The maximum Gasteiger partial charge on any atom is 0.303 e. The summed E-state index contributed by atoms with van der Waals surface area (Å²) in [6.07, 6.45) is 24.5. The first-order valence-electron chi connectivity index (χ1n) is 11.6. The minimum atomic E-state index is -0.652. The van der Waals surface area contributed by atoms with Gasteiger partial charge in [0.05, 0.1) is 0 Å². The van der Waals surface area contributed by atoms with E-state index in [-0.39, 0.29) is 0 Å². The monoisotopic (exact) mass is 386 g/mol. The van der Waals surface area contributed by atoms with Gasteiger partial charge in [-0.15, -0.1) is 0 Å². The molecule has 0 radical (unpaired) electrons. The number of aliphatic carboxylic acids is 1. The summed E-state index contributed by atoms with van der Waals surface area (Å²) in [5.41, 5.74) is 0. The molecule has 0 aliphatic rings. The molecule has 0 aliphatic carbocycles. The first-order valence-corrected chi connectivity index (χ1v) is 12.7. The van der Waals surface area contributed by atoms with Gasteiger partial charge in [0, 0.05) is 6.42 Å². The van der Waals surface area contributed by atoms with E-state index in [1.807, 2.05) is 0 Å². The average molecular weight is 387 g/mol. The maximum absolute atomic E-state index is 10.4. The molecule has 0 aromatic heterocycles. The minimum absolute atomic E-state index is 0.344. The zero-order valence-corrected chi connectivity index (χ0v) is 18.4. The van der Waals surface area contributed by atoms with Crippen molar-refractivity contribution in [2.45, 2.75) is 129 Å². The number of unbranched alkanes of at least 4 members (excludes halogenated alkanes) is 16. The molecule has 0 atom stereocenters. The zero-order valence-electron chi connectivity index (χ0n) is 17.6. The van der Waals surface area contributed by atoms with E-state index in [1.54, 1.807) is 0 Å². The molecule has 0 aromatic rings. The van der Waals surface area contributed by atoms with Gasteiger partial charge in [0.15, 0.2) is 0 Å². The van der Waals surface area contributed by atoms with Crippen molar-refractivity contribution in [3.05, 3.63) is 0 Å². The van der Waals surface area contributed by atoms with Crippen molar-refractivity contribution in [2.75, 3.05) is 11.5 Å². The van der Waals surface area contributed by atoms with Crippen LogP contribution in [0.25, 0.3) is 0 Å². The summed E-state index contributed by atoms with van der Waals surface area (Å²) >= 11 is 2.16. The molecule has 0 fully saturated rings. The second kappa shape index (κ2) is 22.9. The highest BCUT2D eigenvalue weighted by Gasteiger charge is 1.97. The van der Waals surface area contributed by atoms with Gasteiger partial charge in [0.1, 0.15) is 0 Å². The van der Waals surface area contributed by atoms with Gasteiger partial charge in [-0.2, -0.15) is 11.8 Å². The highest BCUT2D eigenvalue weighted by atomic mass is 32.2. The van der Waals surface area contributed by atoms with Gasteiger partial charge in [-0.3, -0.25) is 4.79 Å². The summed E-state index contributed by atoms with van der Waals surface area (Å²) in [7, 11) is 0. The van der Waals surface area contributed by atoms with Crippen molar-refractivity contribution in [1.82, 2.24) is 0 Å². The van der Waals surface area contributed by atoms with E-state index in [0.29, 0.717) is 6.42 Å². The molecule has 2 nitrogen and oxygen atoms in total. The molecule has 0 rings (SSSR count). The Morgan fingerprint density at radius 3 is 1.31 bits per heavy atom. The van der Waals surface area contributed by atoms with Crippen LogP contribution in [0.2, 0.25) is 0 Å². The molecule has 26 heavy (non-hydrogen) atoms. The van der Waals surface area contributed by atoms with Crippen molar-refractivity contribution in [2.24, 2.45) is 0 Å². The Bertz CT molecular complexity index is 281. The Morgan fingerprint density at radius 1 is 0.577 bits per heavy atom. The molecule has 0 unspecified atom stereocenters. The number of hydrogen-bond acceptors (Lipinski definition) is 2. The molecular formula is C23H46O2S. The second-order valence-corrected chi connectivity index (χ2v) is 8.99. The van der Waals surface area contributed by atoms with Gasteiger partial charge in [-0.1, -0.05) is 103 Å². The van der Waals surface area contributed by atoms with Gasteiger partial charge >= 0.3 is 5.97 Å². The molecule has 0 saturated carbocycles. The topological polar surface area (TPSA) is 37.3 Å². The van der Waals surface area contributed by atoms with Crippen LogP contribution in [0.3, 0.4) is 0 Å². The number of carbonyl (C=O) groups is 1. The number of carboxylic acid groups (broad SMARTS) is 1. The molecule has 0 saturated heterocycles. The zero-order chi connectivity index (χ0) is 19.1. The Hall–Kier alpha value is -0.180. The van der Waals surface area contributed by atoms with E-state index in [1.165, 1.54) is 114 Å². The fourth-order valence-corrected chi connectivity index (χ4v) is 4.36. The van der Waals surface area contributed by atoms with E-state index in [0.717, 1.165) is 12.8 Å². The molecule has 0 amide bonds. The van der Waals surface area contributed by atoms with Crippen LogP contribution in [0.4, 0.5) is 0 Å². The van der Waals surface area contributed by atoms with Crippen LogP contribution in [0, 0.1) is 0 Å². The number of rotatable bonds is 22. The standard InChI is InChI=1S/C23H46O2S/c1-2-3-4-5-6-9-12-15-18-21-26-22-19-16-13-10-7-8-11-14-17-20-23(24)25/h2-22H2,1H3,(H,24,25). The summed E-state index contributed by atoms with van der Waals surface area (Å²) < 4.78 is 0. The molecule has 0 heterocycles. The molecule has 1 N–H and O–H groups in total. The molecule has 0 aromatic carbocycles. The summed E-state index contributed by atoms with van der Waals surface area (Å²) in [4.78, 5) is 10.4. The van der Waals surface area contributed by atoms with E-state index >= 15 is 0 Å². The van der Waals surface area contributed by atoms with Crippen LogP contribution in [-0.2, 0) is 4.79 Å². The quantitative estimate of drug-likeness (QED) is 0.190. The Kier molecular flexibility index (Phi) is 22.7. The van der Waals surface area contributed by atoms with Crippen LogP contribution in [0.5, 0.6) is 0 Å². The number of hydrogen-bond donors (Lipinski definition) is 1. The third kappa shape index (κ3) is 23.8. The van der Waals surface area contributed by atoms with Crippen molar-refractivity contribution < 1.29 is 9.90 Å². The number of thioether (sulfide) groups is 1.